The number of rotatable bonds is 7. The number of nitrogens with zero attached hydrogens (tertiary/aromatic N) is 2. The summed E-state index contributed by atoms with van der Waals surface area (Å²) in [5, 5.41) is 50.9. The molecule has 0 saturated heterocycles. The molecule has 20 heavy (non-hydrogen) atoms. The van der Waals surface area contributed by atoms with Gasteiger partial charge in [0.15, 0.2) is 0 Å². The summed E-state index contributed by atoms with van der Waals surface area (Å²) in [6, 6.07) is 5.67. The molecule has 0 fully saturated rings. The number of hydrazone groups is 1. The third kappa shape index (κ3) is 3.96. The summed E-state index contributed by atoms with van der Waals surface area (Å²) in [6.07, 6.45) is -3.09. The molecule has 0 saturated carbocycles. The summed E-state index contributed by atoms with van der Waals surface area (Å²) in [7, 11) is 0. The van der Waals surface area contributed by atoms with Crippen LogP contribution in [0.5, 0.6) is 0 Å². The zero-order valence-electron chi connectivity index (χ0n) is 10.4. The van der Waals surface area contributed by atoms with E-state index in [1.54, 1.807) is 6.07 Å². The van der Waals surface area contributed by atoms with Gasteiger partial charge in [-0.1, -0.05) is 12.1 Å². The predicted molar refractivity (Wildman–Crippen MR) is 70.3 cm³/mol. The molecule has 0 aromatic heterocycles. The Balaban J connectivity index is 2.92. The van der Waals surface area contributed by atoms with Crippen LogP contribution in [0.15, 0.2) is 29.4 Å². The Morgan fingerprint density at radius 3 is 2.55 bits per heavy atom. The maximum absolute atomic E-state index is 10.8. The van der Waals surface area contributed by atoms with Crippen LogP contribution in [0.2, 0.25) is 0 Å². The quantitative estimate of drug-likeness (QED) is 0.247. The normalized spacial score (nSPS) is 14.7. The fourth-order valence-electron chi connectivity index (χ4n) is 1.38. The number of nitro groups is 1. The Hall–Kier alpha value is -2.07. The Morgan fingerprint density at radius 2 is 2.00 bits per heavy atom. The van der Waals surface area contributed by atoms with Crippen LogP contribution >= 0.6 is 0 Å². The van der Waals surface area contributed by atoms with Crippen LogP contribution in [0.1, 0.15) is 0 Å². The zero-order valence-corrected chi connectivity index (χ0v) is 10.4. The Bertz CT molecular complexity index is 493. The minimum atomic E-state index is -1.58. The van der Waals surface area contributed by atoms with Gasteiger partial charge in [-0.15, -0.1) is 0 Å². The molecule has 0 bridgehead atoms. The number of hydrogen-bond donors (Lipinski definition) is 5. The van der Waals surface area contributed by atoms with Gasteiger partial charge in [0, 0.05) is 6.07 Å². The van der Waals surface area contributed by atoms with Crippen LogP contribution in [-0.4, -0.2) is 56.5 Å². The second-order valence-corrected chi connectivity index (χ2v) is 3.84. The van der Waals surface area contributed by atoms with Crippen LogP contribution in [0.3, 0.4) is 0 Å². The van der Waals surface area contributed by atoms with Gasteiger partial charge in [0.2, 0.25) is 0 Å². The van der Waals surface area contributed by atoms with Crippen LogP contribution in [0.25, 0.3) is 0 Å². The second-order valence-electron chi connectivity index (χ2n) is 3.84. The summed E-state index contributed by atoms with van der Waals surface area (Å²) in [6.45, 7) is -1.41. The van der Waals surface area contributed by atoms with Crippen LogP contribution in [0.4, 0.5) is 11.4 Å². The van der Waals surface area contributed by atoms with Crippen LogP contribution in [0, 0.1) is 10.1 Å². The summed E-state index contributed by atoms with van der Waals surface area (Å²) in [4.78, 5) is 10.2. The SMILES string of the molecule is O=[N+]([O-])c1ccccc1NN=C(CO)C(O)C(O)CO. The van der Waals surface area contributed by atoms with Crippen molar-refractivity contribution in [2.45, 2.75) is 12.2 Å². The highest BCUT2D eigenvalue weighted by molar-refractivity contribution is 5.90. The van der Waals surface area contributed by atoms with Gasteiger partial charge in [-0.25, -0.2) is 0 Å². The highest BCUT2D eigenvalue weighted by Crippen LogP contribution is 2.23. The number of aliphatic hydroxyl groups is 4. The Labute approximate surface area is 114 Å². The van der Waals surface area contributed by atoms with Gasteiger partial charge >= 0.3 is 0 Å². The maximum atomic E-state index is 10.8. The van der Waals surface area contributed by atoms with Gasteiger partial charge in [-0.3, -0.25) is 15.5 Å². The summed E-state index contributed by atoms with van der Waals surface area (Å²) in [5.74, 6) is 0. The van der Waals surface area contributed by atoms with E-state index in [-0.39, 0.29) is 17.1 Å². The summed E-state index contributed by atoms with van der Waals surface area (Å²) in [5.41, 5.74) is 1.91. The molecule has 0 aliphatic carbocycles. The Kier molecular flexibility index (Phi) is 6.00. The smallest absolute Gasteiger partial charge is 0.294 e. The fraction of sp³-hybridized carbons (Fsp3) is 0.364. The van der Waals surface area contributed by atoms with Gasteiger partial charge in [0.25, 0.3) is 5.69 Å². The third-order valence-corrected chi connectivity index (χ3v) is 2.48. The lowest BCUT2D eigenvalue weighted by Gasteiger charge is -2.16. The standard InChI is InChI=1S/C11H15N3O6/c15-5-8(11(18)10(17)6-16)13-12-7-3-1-2-4-9(7)14(19)20/h1-4,10-12,15-18H,5-6H2. The van der Waals surface area contributed by atoms with Crippen molar-refractivity contribution < 1.29 is 25.3 Å². The van der Waals surface area contributed by atoms with Crippen LogP contribution in [-0.2, 0) is 0 Å². The maximum Gasteiger partial charge on any atom is 0.294 e. The van der Waals surface area contributed by atoms with Gasteiger partial charge < -0.3 is 20.4 Å². The van der Waals surface area contributed by atoms with Gasteiger partial charge in [0.05, 0.1) is 23.8 Å². The van der Waals surface area contributed by atoms with Gasteiger partial charge in [-0.2, -0.15) is 5.10 Å². The van der Waals surface area contributed by atoms with E-state index in [9.17, 15) is 20.3 Å². The van der Waals surface area contributed by atoms with E-state index >= 15 is 0 Å². The third-order valence-electron chi connectivity index (χ3n) is 2.48. The molecule has 9 nitrogen and oxygen atoms in total. The molecule has 0 radical (unpaired) electrons. The van der Waals surface area contributed by atoms with Crippen LogP contribution < -0.4 is 5.43 Å². The van der Waals surface area contributed by atoms with Crippen molar-refractivity contribution in [3.05, 3.63) is 34.4 Å². The lowest BCUT2D eigenvalue weighted by atomic mass is 10.1. The first-order valence-electron chi connectivity index (χ1n) is 5.65. The number of nitro benzene ring substituents is 1. The largest absolute Gasteiger partial charge is 0.394 e. The molecular formula is C11H15N3O6. The molecule has 2 unspecified atom stereocenters. The van der Waals surface area contributed by atoms with E-state index in [4.69, 9.17) is 10.2 Å². The molecule has 1 aromatic rings. The van der Waals surface area contributed by atoms with Crippen molar-refractivity contribution in [2.75, 3.05) is 18.6 Å². The topological polar surface area (TPSA) is 148 Å². The van der Waals surface area contributed by atoms with Gasteiger partial charge in [0.1, 0.15) is 17.9 Å². The van der Waals surface area contributed by atoms with Crippen molar-refractivity contribution in [3.63, 3.8) is 0 Å². The predicted octanol–water partition coefficient (Wildman–Crippen LogP) is -0.931. The first-order valence-corrected chi connectivity index (χ1v) is 5.65. The Morgan fingerprint density at radius 1 is 1.35 bits per heavy atom. The zero-order chi connectivity index (χ0) is 15.1. The average molecular weight is 285 g/mol. The van der Waals surface area contributed by atoms with Crippen molar-refractivity contribution in [2.24, 2.45) is 5.10 Å². The van der Waals surface area contributed by atoms with E-state index in [0.717, 1.165) is 0 Å². The minimum Gasteiger partial charge on any atom is -0.394 e. The van der Waals surface area contributed by atoms with Crippen molar-refractivity contribution in [3.8, 4) is 0 Å². The lowest BCUT2D eigenvalue weighted by molar-refractivity contribution is -0.384. The molecule has 2 atom stereocenters. The van der Waals surface area contributed by atoms with E-state index < -0.39 is 30.3 Å². The lowest BCUT2D eigenvalue weighted by Crippen LogP contribution is -2.38. The number of hydrogen-bond acceptors (Lipinski definition) is 8. The molecule has 0 heterocycles. The fourth-order valence-corrected chi connectivity index (χ4v) is 1.38. The molecule has 0 aliphatic rings. The van der Waals surface area contributed by atoms with E-state index in [2.05, 4.69) is 10.5 Å². The summed E-state index contributed by atoms with van der Waals surface area (Å²) >= 11 is 0. The molecule has 0 aliphatic heterocycles. The average Bonchev–Trinajstić information content (AvgIpc) is 2.46. The monoisotopic (exact) mass is 285 g/mol. The molecular weight excluding hydrogens is 270 g/mol. The summed E-state index contributed by atoms with van der Waals surface area (Å²) < 4.78 is 0. The van der Waals surface area contributed by atoms with Gasteiger partial charge in [-0.05, 0) is 6.07 Å². The van der Waals surface area contributed by atoms with E-state index in [1.807, 2.05) is 0 Å². The highest BCUT2D eigenvalue weighted by atomic mass is 16.6. The molecule has 5 N–H and O–H groups in total. The molecule has 1 aromatic carbocycles. The highest BCUT2D eigenvalue weighted by Gasteiger charge is 2.21. The molecule has 110 valence electrons. The number of nitrogens with one attached hydrogen (secondary N) is 1. The van der Waals surface area contributed by atoms with E-state index in [1.165, 1.54) is 18.2 Å². The molecule has 9 heteroatoms. The first kappa shape index (κ1) is 16.0. The molecule has 1 rings (SSSR count). The number of aliphatic hydroxyl groups excluding tert-OH is 4. The van der Waals surface area contributed by atoms with E-state index in [0.29, 0.717) is 0 Å². The molecule has 0 spiro atoms. The number of anilines is 1. The second kappa shape index (κ2) is 7.50. The number of para-hydroxylation sites is 2. The molecule has 0 amide bonds. The first-order chi connectivity index (χ1) is 9.51. The van der Waals surface area contributed by atoms with Crippen molar-refractivity contribution >= 4 is 17.1 Å². The minimum absolute atomic E-state index is 0.0640. The number of benzene rings is 1. The van der Waals surface area contributed by atoms with Crippen molar-refractivity contribution in [1.82, 2.24) is 0 Å². The van der Waals surface area contributed by atoms with Crippen molar-refractivity contribution in [1.29, 1.82) is 0 Å².